The average molecular weight is 475 g/mol. The van der Waals surface area contributed by atoms with E-state index in [-0.39, 0.29) is 17.1 Å². The average Bonchev–Trinajstić information content (AvgIpc) is 2.71. The van der Waals surface area contributed by atoms with Gasteiger partial charge in [0.1, 0.15) is 11.9 Å². The molecule has 2 aromatic rings. The first-order chi connectivity index (χ1) is 14.9. The van der Waals surface area contributed by atoms with Gasteiger partial charge >= 0.3 is 0 Å². The number of ether oxygens (including phenoxy) is 1. The topological polar surface area (TPSA) is 46.6 Å². The minimum absolute atomic E-state index is 0.00883. The number of benzene rings is 2. The van der Waals surface area contributed by atoms with Gasteiger partial charge in [-0.3, -0.25) is 0 Å². The highest BCUT2D eigenvalue weighted by molar-refractivity contribution is 7.89. The minimum Gasteiger partial charge on any atom is -0.471 e. The van der Waals surface area contributed by atoms with E-state index in [4.69, 9.17) is 4.74 Å². The Kier molecular flexibility index (Phi) is 6.55. The van der Waals surface area contributed by atoms with E-state index in [1.54, 1.807) is 11.8 Å². The second-order valence-corrected chi connectivity index (χ2v) is 9.78. The van der Waals surface area contributed by atoms with Crippen molar-refractivity contribution in [2.45, 2.75) is 44.8 Å². The van der Waals surface area contributed by atoms with Gasteiger partial charge in [0.15, 0.2) is 39.0 Å². The van der Waals surface area contributed by atoms with Crippen LogP contribution in [-0.2, 0) is 26.1 Å². The van der Waals surface area contributed by atoms with Gasteiger partial charge in [0.2, 0.25) is 0 Å². The molecule has 10 heteroatoms. The van der Waals surface area contributed by atoms with Crippen LogP contribution in [-0.4, -0.2) is 15.0 Å². The van der Waals surface area contributed by atoms with E-state index in [1.807, 2.05) is 6.92 Å². The fourth-order valence-electron chi connectivity index (χ4n) is 3.71. The first-order valence-corrected chi connectivity index (χ1v) is 11.7. The number of hydrogen-bond acceptors (Lipinski definition) is 4. The summed E-state index contributed by atoms with van der Waals surface area (Å²) in [5.74, 6) is -9.37. The maximum absolute atomic E-state index is 15.0. The van der Waals surface area contributed by atoms with Gasteiger partial charge in [-0.25, -0.2) is 30.4 Å². The van der Waals surface area contributed by atoms with Crippen LogP contribution in [0.1, 0.15) is 48.6 Å². The number of hydrogen-bond donors (Lipinski definition) is 0. The predicted molar refractivity (Wildman–Crippen MR) is 110 cm³/mol. The predicted octanol–water partition coefficient (Wildman–Crippen LogP) is 5.58. The van der Waals surface area contributed by atoms with Crippen LogP contribution in [0.25, 0.3) is 0 Å². The molecule has 4 nitrogen and oxygen atoms in total. The zero-order valence-electron chi connectivity index (χ0n) is 17.7. The van der Waals surface area contributed by atoms with Crippen molar-refractivity contribution in [3.05, 3.63) is 75.9 Å². The molecule has 1 atom stereocenters. The number of anilines is 1. The van der Waals surface area contributed by atoms with Gasteiger partial charge in [-0.05, 0) is 44.5 Å². The molecule has 0 bridgehead atoms. The van der Waals surface area contributed by atoms with Gasteiger partial charge in [-0.1, -0.05) is 6.92 Å². The number of nitrogens with zero attached hydrogens (tertiary/aromatic N) is 1. The van der Waals surface area contributed by atoms with E-state index in [0.717, 1.165) is 13.0 Å². The number of halogens is 5. The Bertz CT molecular complexity index is 1170. The molecule has 1 aliphatic rings. The van der Waals surface area contributed by atoms with Crippen LogP contribution in [0.3, 0.4) is 0 Å². The zero-order valence-corrected chi connectivity index (χ0v) is 18.6. The third-order valence-electron chi connectivity index (χ3n) is 5.25. The van der Waals surface area contributed by atoms with E-state index in [2.05, 4.69) is 6.58 Å². The van der Waals surface area contributed by atoms with Crippen LogP contribution in [0.15, 0.2) is 24.6 Å². The summed E-state index contributed by atoms with van der Waals surface area (Å²) in [7, 11) is -4.33. The molecule has 0 spiro atoms. The van der Waals surface area contributed by atoms with E-state index in [9.17, 15) is 30.4 Å². The largest absolute Gasteiger partial charge is 0.471 e. The number of sulfone groups is 1. The summed E-state index contributed by atoms with van der Waals surface area (Å²) in [5, 5.41) is 0. The molecule has 0 saturated heterocycles. The summed E-state index contributed by atoms with van der Waals surface area (Å²) in [6, 6.07) is 2.44. The minimum atomic E-state index is -4.33. The molecule has 1 unspecified atom stereocenters. The van der Waals surface area contributed by atoms with Crippen molar-refractivity contribution < 1.29 is 35.1 Å². The quantitative estimate of drug-likeness (QED) is 0.404. The van der Waals surface area contributed by atoms with Crippen molar-refractivity contribution in [2.24, 2.45) is 0 Å². The maximum Gasteiger partial charge on any atom is 0.187 e. The first kappa shape index (κ1) is 24.0. The second kappa shape index (κ2) is 8.73. The van der Waals surface area contributed by atoms with Crippen LogP contribution in [0.2, 0.25) is 0 Å². The van der Waals surface area contributed by atoms with E-state index in [0.29, 0.717) is 18.5 Å². The van der Waals surface area contributed by atoms with Crippen LogP contribution in [0.4, 0.5) is 27.6 Å². The smallest absolute Gasteiger partial charge is 0.187 e. The Morgan fingerprint density at radius 2 is 1.62 bits per heavy atom. The van der Waals surface area contributed by atoms with E-state index < -0.39 is 67.7 Å². The van der Waals surface area contributed by atoms with Crippen molar-refractivity contribution in [1.29, 1.82) is 0 Å². The number of rotatable bonds is 6. The summed E-state index contributed by atoms with van der Waals surface area (Å²) in [5.41, 5.74) is -1.50. The summed E-state index contributed by atoms with van der Waals surface area (Å²) in [4.78, 5) is 1.55. The number of fused-ring (bicyclic) bond motifs is 1. The molecule has 0 fully saturated rings. The molecule has 0 amide bonds. The van der Waals surface area contributed by atoms with Crippen LogP contribution < -0.4 is 4.90 Å². The Hall–Kier alpha value is -2.62. The molecular weight excluding hydrogens is 453 g/mol. The van der Waals surface area contributed by atoms with Gasteiger partial charge in [0, 0.05) is 23.2 Å². The molecule has 1 heterocycles. The van der Waals surface area contributed by atoms with Crippen LogP contribution in [0.5, 0.6) is 0 Å². The van der Waals surface area contributed by atoms with Gasteiger partial charge in [0.25, 0.3) is 0 Å². The standard InChI is InChI=1S/C22H22F5NO3S/c1-5-6-28-13(4)31-12(3)15-7-14(8-17(23)22(15)28)9-32(29,30)10-16-20(26)18(24)11(2)19(25)21(16)27/h7-8,12H,4-6,9-10H2,1-3H3. The monoisotopic (exact) mass is 475 g/mol. The molecule has 0 aliphatic carbocycles. The van der Waals surface area contributed by atoms with E-state index >= 15 is 0 Å². The molecule has 32 heavy (non-hydrogen) atoms. The molecule has 0 N–H and O–H groups in total. The van der Waals surface area contributed by atoms with Gasteiger partial charge in [-0.2, -0.15) is 0 Å². The highest BCUT2D eigenvalue weighted by atomic mass is 32.2. The summed E-state index contributed by atoms with van der Waals surface area (Å²) in [6.45, 7) is 8.58. The fourth-order valence-corrected chi connectivity index (χ4v) is 5.18. The SMILES string of the molecule is C=C1OC(C)c2cc(CS(=O)(=O)Cc3c(F)c(F)c(C)c(F)c3F)cc(F)c2N1CCC. The lowest BCUT2D eigenvalue weighted by atomic mass is 10.0. The van der Waals surface area contributed by atoms with Crippen molar-refractivity contribution in [1.82, 2.24) is 0 Å². The Balaban J connectivity index is 1.97. The van der Waals surface area contributed by atoms with E-state index in [1.165, 1.54) is 6.07 Å². The summed E-state index contributed by atoms with van der Waals surface area (Å²) in [6.07, 6.45) is 0.0602. The molecular formula is C22H22F5NO3S. The highest BCUT2D eigenvalue weighted by Crippen LogP contribution is 2.40. The first-order valence-electron chi connectivity index (χ1n) is 9.85. The van der Waals surface area contributed by atoms with Gasteiger partial charge < -0.3 is 9.64 Å². The lowest BCUT2D eigenvalue weighted by Crippen LogP contribution is -2.31. The lowest BCUT2D eigenvalue weighted by Gasteiger charge is -2.36. The fraction of sp³-hybridized carbons (Fsp3) is 0.364. The summed E-state index contributed by atoms with van der Waals surface area (Å²) >= 11 is 0. The van der Waals surface area contributed by atoms with Crippen molar-refractivity contribution in [3.8, 4) is 0 Å². The molecule has 3 rings (SSSR count). The Morgan fingerprint density at radius 1 is 1.03 bits per heavy atom. The van der Waals surface area contributed by atoms with Crippen molar-refractivity contribution in [3.63, 3.8) is 0 Å². The Labute approximate surface area is 183 Å². The second-order valence-electron chi connectivity index (χ2n) is 7.71. The summed E-state index contributed by atoms with van der Waals surface area (Å²) < 4.78 is 102. The molecule has 0 aromatic heterocycles. The highest BCUT2D eigenvalue weighted by Gasteiger charge is 2.31. The normalized spacial score (nSPS) is 16.2. The van der Waals surface area contributed by atoms with Crippen LogP contribution >= 0.6 is 0 Å². The van der Waals surface area contributed by atoms with Crippen LogP contribution in [0, 0.1) is 36.0 Å². The Morgan fingerprint density at radius 3 is 2.19 bits per heavy atom. The van der Waals surface area contributed by atoms with Gasteiger partial charge in [-0.15, -0.1) is 0 Å². The molecule has 0 radical (unpaired) electrons. The van der Waals surface area contributed by atoms with Crippen molar-refractivity contribution >= 4 is 15.5 Å². The lowest BCUT2D eigenvalue weighted by molar-refractivity contribution is 0.117. The van der Waals surface area contributed by atoms with Crippen molar-refractivity contribution in [2.75, 3.05) is 11.4 Å². The molecule has 2 aromatic carbocycles. The maximum atomic E-state index is 15.0. The van der Waals surface area contributed by atoms with Gasteiger partial charge in [0.05, 0.1) is 17.2 Å². The molecule has 0 saturated carbocycles. The third kappa shape index (κ3) is 4.32. The zero-order chi connectivity index (χ0) is 24.0. The molecule has 174 valence electrons. The molecule has 1 aliphatic heterocycles. The third-order valence-corrected chi connectivity index (χ3v) is 6.75.